The van der Waals surface area contributed by atoms with E-state index in [-0.39, 0.29) is 11.4 Å². The Bertz CT molecular complexity index is 680. The van der Waals surface area contributed by atoms with Crippen LogP contribution in [0.5, 0.6) is 0 Å². The highest BCUT2D eigenvalue weighted by atomic mass is 35.5. The van der Waals surface area contributed by atoms with Crippen molar-refractivity contribution in [2.45, 2.75) is 11.4 Å². The molecule has 0 aliphatic heterocycles. The minimum Gasteiger partial charge on any atom is -0.207 e. The molecule has 2 aromatic rings. The van der Waals surface area contributed by atoms with Crippen LogP contribution in [0.25, 0.3) is 0 Å². The van der Waals surface area contributed by atoms with Crippen LogP contribution in [0.3, 0.4) is 0 Å². The fourth-order valence-electron chi connectivity index (χ4n) is 1.74. The highest BCUT2D eigenvalue weighted by molar-refractivity contribution is 7.89. The lowest BCUT2D eigenvalue weighted by Gasteiger charge is -2.20. The number of hydrogen-bond donors (Lipinski definition) is 0. The second-order valence-corrected chi connectivity index (χ2v) is 7.84. The molecule has 0 N–H and O–H groups in total. The lowest BCUT2D eigenvalue weighted by atomic mass is 10.4. The third-order valence-electron chi connectivity index (χ3n) is 2.67. The van der Waals surface area contributed by atoms with E-state index in [1.807, 2.05) is 6.07 Å². The van der Waals surface area contributed by atoms with Gasteiger partial charge in [-0.25, -0.2) is 8.42 Å². The fourth-order valence-corrected chi connectivity index (χ4v) is 4.34. The molecule has 0 radical (unpaired) electrons. The highest BCUT2D eigenvalue weighted by Gasteiger charge is 2.23. The van der Waals surface area contributed by atoms with Crippen LogP contribution in [0, 0.1) is 0 Å². The Morgan fingerprint density at radius 1 is 1.20 bits per heavy atom. The lowest BCUT2D eigenvalue weighted by molar-refractivity contribution is 0.441. The summed E-state index contributed by atoms with van der Waals surface area (Å²) in [6.07, 6.45) is 1.58. The summed E-state index contributed by atoms with van der Waals surface area (Å²) in [6.45, 7) is 4.17. The predicted octanol–water partition coefficient (Wildman–Crippen LogP) is 3.78. The summed E-state index contributed by atoms with van der Waals surface area (Å²) >= 11 is 7.26. The van der Waals surface area contributed by atoms with Gasteiger partial charge in [0.15, 0.2) is 0 Å². The molecular formula is C14H14ClNO2S2. The second-order valence-electron chi connectivity index (χ2n) is 4.11. The maximum absolute atomic E-state index is 12.6. The van der Waals surface area contributed by atoms with Gasteiger partial charge in [-0.2, -0.15) is 4.31 Å². The topological polar surface area (TPSA) is 37.4 Å². The zero-order valence-corrected chi connectivity index (χ0v) is 13.1. The molecule has 1 heterocycles. The van der Waals surface area contributed by atoms with Crippen molar-refractivity contribution < 1.29 is 8.42 Å². The fraction of sp³-hybridized carbons (Fsp3) is 0.143. The molecule has 106 valence electrons. The van der Waals surface area contributed by atoms with Crippen molar-refractivity contribution in [2.75, 3.05) is 6.54 Å². The first-order valence-electron chi connectivity index (χ1n) is 5.94. The summed E-state index contributed by atoms with van der Waals surface area (Å²) < 4.78 is 27.2. The molecule has 0 aliphatic rings. The summed E-state index contributed by atoms with van der Waals surface area (Å²) in [5, 5.41) is 0. The van der Waals surface area contributed by atoms with E-state index < -0.39 is 10.0 Å². The molecule has 0 saturated carbocycles. The number of sulfonamides is 1. The van der Waals surface area contributed by atoms with Crippen molar-refractivity contribution in [3.63, 3.8) is 0 Å². The van der Waals surface area contributed by atoms with E-state index in [1.54, 1.807) is 42.5 Å². The van der Waals surface area contributed by atoms with E-state index >= 15 is 0 Å². The molecule has 0 amide bonds. The van der Waals surface area contributed by atoms with E-state index in [0.717, 1.165) is 4.88 Å². The Balaban J connectivity index is 2.30. The summed E-state index contributed by atoms with van der Waals surface area (Å²) in [6, 6.07) is 12.0. The molecule has 0 atom stereocenters. The summed E-state index contributed by atoms with van der Waals surface area (Å²) in [7, 11) is -3.53. The van der Waals surface area contributed by atoms with Gasteiger partial charge in [-0.3, -0.25) is 0 Å². The third-order valence-corrected chi connectivity index (χ3v) is 5.72. The second kappa shape index (κ2) is 6.54. The number of rotatable bonds is 6. The van der Waals surface area contributed by atoms with Gasteiger partial charge in [-0.05, 0) is 24.3 Å². The summed E-state index contributed by atoms with van der Waals surface area (Å²) in [4.78, 5) is 1.18. The van der Waals surface area contributed by atoms with E-state index in [1.165, 1.54) is 15.6 Å². The Hall–Kier alpha value is -1.14. The molecule has 3 nitrogen and oxygen atoms in total. The molecule has 20 heavy (non-hydrogen) atoms. The van der Waals surface area contributed by atoms with Crippen LogP contribution in [0.2, 0.25) is 4.34 Å². The third kappa shape index (κ3) is 3.49. The largest absolute Gasteiger partial charge is 0.243 e. The van der Waals surface area contributed by atoms with E-state index in [4.69, 9.17) is 11.6 Å². The normalized spacial score (nSPS) is 11.7. The molecule has 0 spiro atoms. The SMILES string of the molecule is C=CCN(Cc1ccc(Cl)s1)S(=O)(=O)c1ccccc1. The van der Waals surface area contributed by atoms with Crippen LogP contribution >= 0.6 is 22.9 Å². The van der Waals surface area contributed by atoms with Crippen LogP contribution in [-0.2, 0) is 16.6 Å². The number of benzene rings is 1. The maximum atomic E-state index is 12.6. The van der Waals surface area contributed by atoms with Crippen LogP contribution in [0.15, 0.2) is 60.0 Å². The van der Waals surface area contributed by atoms with Crippen molar-refractivity contribution >= 4 is 33.0 Å². The molecule has 6 heteroatoms. The van der Waals surface area contributed by atoms with Gasteiger partial charge >= 0.3 is 0 Å². The van der Waals surface area contributed by atoms with Gasteiger partial charge in [0.25, 0.3) is 0 Å². The molecular weight excluding hydrogens is 314 g/mol. The predicted molar refractivity (Wildman–Crippen MR) is 83.6 cm³/mol. The molecule has 1 aromatic carbocycles. The Kier molecular flexibility index (Phi) is 4.99. The number of thiophene rings is 1. The van der Waals surface area contributed by atoms with Crippen molar-refractivity contribution in [3.8, 4) is 0 Å². The van der Waals surface area contributed by atoms with Crippen LogP contribution < -0.4 is 0 Å². The van der Waals surface area contributed by atoms with Gasteiger partial charge in [-0.15, -0.1) is 17.9 Å². The average molecular weight is 328 g/mol. The molecule has 0 saturated heterocycles. The van der Waals surface area contributed by atoms with Gasteiger partial charge in [0.2, 0.25) is 10.0 Å². The summed E-state index contributed by atoms with van der Waals surface area (Å²) in [5.41, 5.74) is 0. The standard InChI is InChI=1S/C14H14ClNO2S2/c1-2-10-16(11-12-8-9-14(15)19-12)20(17,18)13-6-4-3-5-7-13/h2-9H,1,10-11H2. The molecule has 0 bridgehead atoms. The van der Waals surface area contributed by atoms with Crippen LogP contribution in [-0.4, -0.2) is 19.3 Å². The van der Waals surface area contributed by atoms with Gasteiger partial charge in [0.1, 0.15) is 0 Å². The minimum atomic E-state index is -3.53. The van der Waals surface area contributed by atoms with Gasteiger partial charge < -0.3 is 0 Å². The molecule has 1 aromatic heterocycles. The Labute approximate surface area is 128 Å². The Morgan fingerprint density at radius 3 is 2.45 bits per heavy atom. The van der Waals surface area contributed by atoms with Gasteiger partial charge in [-0.1, -0.05) is 35.9 Å². The quantitative estimate of drug-likeness (QED) is 0.757. The zero-order chi connectivity index (χ0) is 14.6. The molecule has 0 aliphatic carbocycles. The maximum Gasteiger partial charge on any atom is 0.243 e. The first kappa shape index (κ1) is 15.3. The first-order valence-corrected chi connectivity index (χ1v) is 8.58. The van der Waals surface area contributed by atoms with Crippen molar-refractivity contribution in [2.24, 2.45) is 0 Å². The van der Waals surface area contributed by atoms with Gasteiger partial charge in [0, 0.05) is 18.0 Å². The Morgan fingerprint density at radius 2 is 1.90 bits per heavy atom. The van der Waals surface area contributed by atoms with E-state index in [9.17, 15) is 8.42 Å². The number of halogens is 1. The van der Waals surface area contributed by atoms with E-state index in [0.29, 0.717) is 10.9 Å². The minimum absolute atomic E-state index is 0.257. The van der Waals surface area contributed by atoms with Crippen molar-refractivity contribution in [1.82, 2.24) is 4.31 Å². The molecule has 0 fully saturated rings. The lowest BCUT2D eigenvalue weighted by Crippen LogP contribution is -2.30. The summed E-state index contributed by atoms with van der Waals surface area (Å²) in [5.74, 6) is 0. The monoisotopic (exact) mass is 327 g/mol. The number of hydrogen-bond acceptors (Lipinski definition) is 3. The van der Waals surface area contributed by atoms with Crippen LogP contribution in [0.1, 0.15) is 4.88 Å². The van der Waals surface area contributed by atoms with E-state index in [2.05, 4.69) is 6.58 Å². The molecule has 2 rings (SSSR count). The van der Waals surface area contributed by atoms with Gasteiger partial charge in [0.05, 0.1) is 9.23 Å². The number of nitrogens with zero attached hydrogens (tertiary/aromatic N) is 1. The smallest absolute Gasteiger partial charge is 0.207 e. The average Bonchev–Trinajstić information content (AvgIpc) is 2.85. The van der Waals surface area contributed by atoms with Crippen molar-refractivity contribution in [3.05, 3.63) is 64.3 Å². The first-order chi connectivity index (χ1) is 9.54. The molecule has 0 unspecified atom stereocenters. The zero-order valence-electron chi connectivity index (χ0n) is 10.7. The highest BCUT2D eigenvalue weighted by Crippen LogP contribution is 2.25. The van der Waals surface area contributed by atoms with Crippen LogP contribution in [0.4, 0.5) is 0 Å². The van der Waals surface area contributed by atoms with Crippen molar-refractivity contribution in [1.29, 1.82) is 0 Å².